The van der Waals surface area contributed by atoms with Crippen LogP contribution in [0.1, 0.15) is 46.1 Å². The molecule has 0 radical (unpaired) electrons. The number of nitrogens with one attached hydrogen (secondary N) is 3. The summed E-state index contributed by atoms with van der Waals surface area (Å²) in [6.45, 7) is 8.09. The van der Waals surface area contributed by atoms with Gasteiger partial charge in [0.15, 0.2) is 0 Å². The molecule has 0 saturated heterocycles. The number of alkyl carbamates (subject to hydrolysis) is 1. The number of anilines is 1. The van der Waals surface area contributed by atoms with Crippen LogP contribution in [0.25, 0.3) is 0 Å². The maximum absolute atomic E-state index is 12.5. The molecule has 0 spiro atoms. The summed E-state index contributed by atoms with van der Waals surface area (Å²) in [4.78, 5) is 47.8. The molecule has 33 heavy (non-hydrogen) atoms. The minimum Gasteiger partial charge on any atom is -0.461 e. The molecule has 3 N–H and O–H groups in total. The molecule has 1 aromatic rings. The average Bonchev–Trinajstić information content (AvgIpc) is 2.80. The smallest absolute Gasteiger partial charge is 0.407 e. The lowest BCUT2D eigenvalue weighted by atomic mass is 10.0. The first kappa shape index (κ1) is 27.9. The minimum absolute atomic E-state index is 0.0838. The highest BCUT2D eigenvalue weighted by Crippen LogP contribution is 2.11. The highest BCUT2D eigenvalue weighted by Gasteiger charge is 2.25. The van der Waals surface area contributed by atoms with Crippen molar-refractivity contribution < 1.29 is 33.4 Å². The maximum Gasteiger partial charge on any atom is 0.407 e. The molecule has 10 heteroatoms. The van der Waals surface area contributed by atoms with Crippen LogP contribution >= 0.6 is 0 Å². The van der Waals surface area contributed by atoms with Gasteiger partial charge in [-0.3, -0.25) is 14.4 Å². The molecule has 1 rings (SSSR count). The van der Waals surface area contributed by atoms with E-state index in [2.05, 4.69) is 16.0 Å². The van der Waals surface area contributed by atoms with Crippen LogP contribution in [0.3, 0.4) is 0 Å². The number of carbonyl (C=O) groups excluding carboxylic acids is 4. The van der Waals surface area contributed by atoms with Gasteiger partial charge < -0.3 is 30.2 Å². The third-order valence-electron chi connectivity index (χ3n) is 4.38. The van der Waals surface area contributed by atoms with Crippen molar-refractivity contribution in [2.45, 2.75) is 53.2 Å². The van der Waals surface area contributed by atoms with Crippen molar-refractivity contribution >= 4 is 29.6 Å². The molecule has 0 aliphatic heterocycles. The largest absolute Gasteiger partial charge is 0.461 e. The van der Waals surface area contributed by atoms with Crippen molar-refractivity contribution in [2.75, 3.05) is 31.7 Å². The van der Waals surface area contributed by atoms with Gasteiger partial charge in [-0.05, 0) is 30.0 Å². The first-order valence-corrected chi connectivity index (χ1v) is 11.1. The summed E-state index contributed by atoms with van der Waals surface area (Å²) in [6, 6.07) is 5.96. The van der Waals surface area contributed by atoms with Gasteiger partial charge in [0.1, 0.15) is 19.3 Å². The minimum atomic E-state index is -0.855. The van der Waals surface area contributed by atoms with Crippen LogP contribution in [0.2, 0.25) is 0 Å². The normalized spacial score (nSPS) is 11.4. The zero-order chi connectivity index (χ0) is 24.6. The fraction of sp³-hybridized carbons (Fsp3) is 0.565. The molecule has 10 nitrogen and oxygen atoms in total. The number of hydrogen-bond donors (Lipinski definition) is 3. The lowest BCUT2D eigenvalue weighted by Gasteiger charge is -2.21. The molecule has 0 aliphatic rings. The van der Waals surface area contributed by atoms with Gasteiger partial charge in [-0.25, -0.2) is 4.79 Å². The van der Waals surface area contributed by atoms with E-state index in [0.29, 0.717) is 18.7 Å². The number of benzene rings is 1. The van der Waals surface area contributed by atoms with Crippen molar-refractivity contribution in [2.24, 2.45) is 5.92 Å². The summed E-state index contributed by atoms with van der Waals surface area (Å²) >= 11 is 0. The third kappa shape index (κ3) is 11.9. The fourth-order valence-electron chi connectivity index (χ4n) is 2.58. The number of rotatable bonds is 14. The summed E-state index contributed by atoms with van der Waals surface area (Å²) in [5, 5.41) is 7.70. The summed E-state index contributed by atoms with van der Waals surface area (Å²) in [5.41, 5.74) is 1.32. The van der Waals surface area contributed by atoms with Gasteiger partial charge in [0, 0.05) is 18.7 Å². The number of hydrogen-bond acceptors (Lipinski definition) is 7. The van der Waals surface area contributed by atoms with E-state index in [0.717, 1.165) is 12.0 Å². The molecular weight excluding hydrogens is 430 g/mol. The van der Waals surface area contributed by atoms with Gasteiger partial charge in [0.2, 0.25) is 11.8 Å². The predicted molar refractivity (Wildman–Crippen MR) is 122 cm³/mol. The second-order valence-corrected chi connectivity index (χ2v) is 7.59. The Hall–Kier alpha value is -3.14. The van der Waals surface area contributed by atoms with E-state index in [1.807, 2.05) is 6.92 Å². The van der Waals surface area contributed by atoms with Crippen LogP contribution in [0.15, 0.2) is 24.3 Å². The Balaban J connectivity index is 2.43. The van der Waals surface area contributed by atoms with Crippen LogP contribution in [-0.2, 0) is 35.2 Å². The van der Waals surface area contributed by atoms with Gasteiger partial charge in [0.05, 0.1) is 13.2 Å². The lowest BCUT2D eigenvalue weighted by molar-refractivity contribution is -0.144. The Kier molecular flexibility index (Phi) is 13.2. The van der Waals surface area contributed by atoms with E-state index >= 15 is 0 Å². The molecule has 1 atom stereocenters. The number of esters is 1. The van der Waals surface area contributed by atoms with E-state index in [1.165, 1.54) is 0 Å². The van der Waals surface area contributed by atoms with Gasteiger partial charge in [-0.15, -0.1) is 0 Å². The van der Waals surface area contributed by atoms with Gasteiger partial charge in [-0.1, -0.05) is 39.8 Å². The van der Waals surface area contributed by atoms with E-state index < -0.39 is 23.9 Å². The Labute approximate surface area is 194 Å². The Morgan fingerprint density at radius 2 is 1.64 bits per heavy atom. The lowest BCUT2D eigenvalue weighted by Crippen LogP contribution is -2.51. The molecular formula is C23H35N3O7. The van der Waals surface area contributed by atoms with Crippen LogP contribution in [0.4, 0.5) is 10.5 Å². The first-order chi connectivity index (χ1) is 15.8. The Morgan fingerprint density at radius 1 is 0.939 bits per heavy atom. The molecule has 1 aromatic carbocycles. The van der Waals surface area contributed by atoms with Gasteiger partial charge >= 0.3 is 12.1 Å². The van der Waals surface area contributed by atoms with Crippen LogP contribution in [-0.4, -0.2) is 56.3 Å². The molecule has 0 bridgehead atoms. The number of amides is 3. The predicted octanol–water partition coefficient (Wildman–Crippen LogP) is 2.37. The van der Waals surface area contributed by atoms with E-state index in [-0.39, 0.29) is 38.3 Å². The Bertz CT molecular complexity index is 766. The Morgan fingerprint density at radius 3 is 2.24 bits per heavy atom. The molecule has 184 valence electrons. The highest BCUT2D eigenvalue weighted by molar-refractivity contribution is 5.95. The van der Waals surface area contributed by atoms with Crippen molar-refractivity contribution in [1.82, 2.24) is 10.6 Å². The number of carbonyl (C=O) groups is 4. The van der Waals surface area contributed by atoms with Crippen molar-refractivity contribution in [3.05, 3.63) is 29.8 Å². The van der Waals surface area contributed by atoms with E-state index in [9.17, 15) is 19.2 Å². The zero-order valence-corrected chi connectivity index (χ0v) is 19.8. The second kappa shape index (κ2) is 15.6. The molecule has 0 fully saturated rings. The zero-order valence-electron chi connectivity index (χ0n) is 19.8. The van der Waals surface area contributed by atoms with E-state index in [1.54, 1.807) is 45.0 Å². The maximum atomic E-state index is 12.5. The summed E-state index contributed by atoms with van der Waals surface area (Å²) < 4.78 is 15.3. The van der Waals surface area contributed by atoms with Crippen LogP contribution in [0.5, 0.6) is 0 Å². The topological polar surface area (TPSA) is 132 Å². The number of ether oxygens (including phenoxy) is 3. The van der Waals surface area contributed by atoms with Gasteiger partial charge in [-0.2, -0.15) is 0 Å². The average molecular weight is 466 g/mol. The summed E-state index contributed by atoms with van der Waals surface area (Å²) in [5.74, 6) is -1.42. The molecule has 0 saturated carbocycles. The molecule has 0 unspecified atom stereocenters. The van der Waals surface area contributed by atoms with Crippen molar-refractivity contribution in [3.8, 4) is 0 Å². The molecule has 0 aromatic heterocycles. The van der Waals surface area contributed by atoms with Crippen molar-refractivity contribution in [3.63, 3.8) is 0 Å². The van der Waals surface area contributed by atoms with Gasteiger partial charge in [0.25, 0.3) is 0 Å². The van der Waals surface area contributed by atoms with Crippen LogP contribution < -0.4 is 16.0 Å². The fourth-order valence-corrected chi connectivity index (χ4v) is 2.58. The van der Waals surface area contributed by atoms with Crippen molar-refractivity contribution in [1.29, 1.82) is 0 Å². The standard InChI is InChI=1S/C23H35N3O7/c1-5-11-31-12-13-32-23(30)26-21(16(3)4)22(29)24-14-19(27)25-18-9-7-17(8-10-18)15-33-20(28)6-2/h7-10,16,21H,5-6,11-15H2,1-4H3,(H,24,29)(H,25,27)(H,26,30)/t21-/m1/s1. The van der Waals surface area contributed by atoms with Crippen LogP contribution in [0, 0.1) is 5.92 Å². The second-order valence-electron chi connectivity index (χ2n) is 7.59. The molecule has 0 aliphatic carbocycles. The van der Waals surface area contributed by atoms with E-state index in [4.69, 9.17) is 14.2 Å². The third-order valence-corrected chi connectivity index (χ3v) is 4.38. The molecule has 3 amide bonds. The highest BCUT2D eigenvalue weighted by atomic mass is 16.6. The quantitative estimate of drug-likeness (QED) is 0.284. The summed E-state index contributed by atoms with van der Waals surface area (Å²) in [6.07, 6.45) is 0.456. The molecule has 0 heterocycles. The SMILES string of the molecule is CCCOCCOC(=O)N[C@@H](C(=O)NCC(=O)Nc1ccc(COC(=O)CC)cc1)C(C)C. The first-order valence-electron chi connectivity index (χ1n) is 11.1. The monoisotopic (exact) mass is 465 g/mol. The summed E-state index contributed by atoms with van der Waals surface area (Å²) in [7, 11) is 0.